The van der Waals surface area contributed by atoms with Gasteiger partial charge < -0.3 is 10.2 Å². The smallest absolute Gasteiger partial charge is 0.226 e. The van der Waals surface area contributed by atoms with Crippen LogP contribution in [0.15, 0.2) is 0 Å². The second kappa shape index (κ2) is 5.85. The highest BCUT2D eigenvalue weighted by Crippen LogP contribution is 2.36. The Morgan fingerprint density at radius 1 is 1.29 bits per heavy atom. The summed E-state index contributed by atoms with van der Waals surface area (Å²) in [7, 11) is 0. The number of carbonyl (C=O) groups is 3. The van der Waals surface area contributed by atoms with Gasteiger partial charge in [-0.2, -0.15) is 0 Å². The van der Waals surface area contributed by atoms with E-state index in [9.17, 15) is 24.6 Å². The molecule has 2 amide bonds. The van der Waals surface area contributed by atoms with Crippen LogP contribution in [0.2, 0.25) is 0 Å². The van der Waals surface area contributed by atoms with E-state index in [1.54, 1.807) is 0 Å². The molecule has 2 rings (SSSR count). The Hall–Kier alpha value is -1.27. The number of aliphatic hydroxyl groups is 2. The van der Waals surface area contributed by atoms with E-state index >= 15 is 0 Å². The van der Waals surface area contributed by atoms with Crippen LogP contribution < -0.4 is 5.32 Å². The lowest BCUT2D eigenvalue weighted by Gasteiger charge is -2.39. The summed E-state index contributed by atoms with van der Waals surface area (Å²) >= 11 is 0. The summed E-state index contributed by atoms with van der Waals surface area (Å²) in [6, 6.07) is 0. The zero-order valence-corrected chi connectivity index (χ0v) is 12.5. The van der Waals surface area contributed by atoms with Gasteiger partial charge in [-0.3, -0.25) is 19.7 Å². The molecule has 2 fully saturated rings. The first kappa shape index (κ1) is 16.1. The SMILES string of the molecule is C[C@@H]1C[C@H]([C@H](O)CC2CC(=O)NC(=O)C2)C(=O)[C@](C)(O)C1. The van der Waals surface area contributed by atoms with Crippen LogP contribution in [0.1, 0.15) is 46.0 Å². The lowest BCUT2D eigenvalue weighted by Crippen LogP contribution is -2.50. The first-order valence-electron chi connectivity index (χ1n) is 7.46. The van der Waals surface area contributed by atoms with Crippen molar-refractivity contribution in [2.24, 2.45) is 17.8 Å². The van der Waals surface area contributed by atoms with Crippen LogP contribution in [0.5, 0.6) is 0 Å². The number of hydrogen-bond acceptors (Lipinski definition) is 5. The van der Waals surface area contributed by atoms with E-state index < -0.39 is 17.6 Å². The number of hydrogen-bond donors (Lipinski definition) is 3. The molecule has 0 aromatic carbocycles. The molecule has 0 aromatic heterocycles. The molecule has 3 N–H and O–H groups in total. The van der Waals surface area contributed by atoms with Gasteiger partial charge in [0.2, 0.25) is 11.8 Å². The molecule has 6 nitrogen and oxygen atoms in total. The van der Waals surface area contributed by atoms with Crippen molar-refractivity contribution in [1.29, 1.82) is 0 Å². The maximum absolute atomic E-state index is 12.2. The fraction of sp³-hybridized carbons (Fsp3) is 0.800. The summed E-state index contributed by atoms with van der Waals surface area (Å²) < 4.78 is 0. The molecule has 4 atom stereocenters. The van der Waals surface area contributed by atoms with Gasteiger partial charge in [0.15, 0.2) is 5.78 Å². The molecule has 21 heavy (non-hydrogen) atoms. The number of Topliss-reactive ketones (excluding diaryl/α,β-unsaturated/α-hetero) is 1. The van der Waals surface area contributed by atoms with Gasteiger partial charge in [-0.25, -0.2) is 0 Å². The molecule has 1 saturated heterocycles. The molecule has 2 aliphatic rings. The first-order chi connectivity index (χ1) is 9.69. The molecular formula is C15H23NO5. The van der Waals surface area contributed by atoms with Crippen LogP contribution in [0, 0.1) is 17.8 Å². The number of amides is 2. The van der Waals surface area contributed by atoms with Gasteiger partial charge in [0.1, 0.15) is 5.60 Å². The van der Waals surface area contributed by atoms with Crippen molar-refractivity contribution in [3.63, 3.8) is 0 Å². The molecule has 6 heteroatoms. The van der Waals surface area contributed by atoms with Crippen molar-refractivity contribution in [3.8, 4) is 0 Å². The van der Waals surface area contributed by atoms with Crippen LogP contribution in [0.4, 0.5) is 0 Å². The minimum Gasteiger partial charge on any atom is -0.392 e. The minimum atomic E-state index is -1.40. The average molecular weight is 297 g/mol. The summed E-state index contributed by atoms with van der Waals surface area (Å²) in [6.45, 7) is 3.43. The maximum atomic E-state index is 12.2. The molecule has 0 aromatic rings. The molecule has 0 bridgehead atoms. The van der Waals surface area contributed by atoms with Gasteiger partial charge in [0, 0.05) is 18.8 Å². The van der Waals surface area contributed by atoms with E-state index in [1.807, 2.05) is 6.92 Å². The highest BCUT2D eigenvalue weighted by atomic mass is 16.3. The van der Waals surface area contributed by atoms with Gasteiger partial charge in [0.25, 0.3) is 0 Å². The summed E-state index contributed by atoms with van der Waals surface area (Å²) in [6.07, 6.45) is 0.627. The Morgan fingerprint density at radius 2 is 1.86 bits per heavy atom. The predicted molar refractivity (Wildman–Crippen MR) is 74.0 cm³/mol. The van der Waals surface area contributed by atoms with Gasteiger partial charge in [-0.05, 0) is 38.0 Å². The summed E-state index contributed by atoms with van der Waals surface area (Å²) in [5.74, 6) is -1.72. The molecule has 1 heterocycles. The first-order valence-corrected chi connectivity index (χ1v) is 7.46. The van der Waals surface area contributed by atoms with E-state index in [1.165, 1.54) is 6.92 Å². The number of nitrogens with one attached hydrogen (secondary N) is 1. The average Bonchev–Trinajstić information content (AvgIpc) is 2.31. The Morgan fingerprint density at radius 3 is 2.43 bits per heavy atom. The molecular weight excluding hydrogens is 274 g/mol. The fourth-order valence-electron chi connectivity index (χ4n) is 3.66. The van der Waals surface area contributed by atoms with E-state index in [4.69, 9.17) is 0 Å². The predicted octanol–water partition coefficient (Wildman–Crippen LogP) is 0.156. The van der Waals surface area contributed by atoms with Gasteiger partial charge in [-0.15, -0.1) is 0 Å². The third-order valence-corrected chi connectivity index (χ3v) is 4.54. The van der Waals surface area contributed by atoms with Crippen molar-refractivity contribution >= 4 is 17.6 Å². The second-order valence-electron chi connectivity index (χ2n) is 6.84. The van der Waals surface area contributed by atoms with E-state index in [2.05, 4.69) is 5.32 Å². The molecule has 0 unspecified atom stereocenters. The largest absolute Gasteiger partial charge is 0.392 e. The van der Waals surface area contributed by atoms with Crippen LogP contribution in [0.25, 0.3) is 0 Å². The number of piperidine rings is 1. The Kier molecular flexibility index (Phi) is 4.49. The molecule has 1 aliphatic heterocycles. The van der Waals surface area contributed by atoms with Crippen molar-refractivity contribution in [3.05, 3.63) is 0 Å². The third-order valence-electron chi connectivity index (χ3n) is 4.54. The lowest BCUT2D eigenvalue weighted by molar-refractivity contribution is -0.152. The topological polar surface area (TPSA) is 104 Å². The zero-order chi connectivity index (χ0) is 15.8. The number of rotatable bonds is 3. The number of imide groups is 1. The second-order valence-corrected chi connectivity index (χ2v) is 6.84. The Labute approximate surface area is 123 Å². The van der Waals surface area contributed by atoms with E-state index in [0.717, 1.165) is 0 Å². The van der Waals surface area contributed by atoms with Crippen molar-refractivity contribution in [1.82, 2.24) is 5.32 Å². The van der Waals surface area contributed by atoms with Gasteiger partial charge in [-0.1, -0.05) is 6.92 Å². The highest BCUT2D eigenvalue weighted by molar-refractivity contribution is 5.97. The third kappa shape index (κ3) is 3.68. The summed E-state index contributed by atoms with van der Waals surface area (Å²) in [4.78, 5) is 34.9. The number of carbonyl (C=O) groups excluding carboxylic acids is 3. The summed E-state index contributed by atoms with van der Waals surface area (Å²) in [5.41, 5.74) is -1.40. The normalized spacial score (nSPS) is 36.5. The molecule has 0 spiro atoms. The molecule has 0 radical (unpaired) electrons. The van der Waals surface area contributed by atoms with E-state index in [0.29, 0.717) is 12.8 Å². The standard InChI is InChI=1S/C15H23NO5/c1-8-3-10(14(20)15(2,21)7-8)11(17)4-9-5-12(18)16-13(19)6-9/h8-11,17,21H,3-7H2,1-2H3,(H,16,18,19)/t8-,10-,11-,15-/m1/s1. The van der Waals surface area contributed by atoms with Crippen LogP contribution >= 0.6 is 0 Å². The highest BCUT2D eigenvalue weighted by Gasteiger charge is 2.45. The Bertz CT molecular complexity index is 443. The number of ketones is 1. The molecule has 1 saturated carbocycles. The van der Waals surface area contributed by atoms with Crippen molar-refractivity contribution in [2.75, 3.05) is 0 Å². The maximum Gasteiger partial charge on any atom is 0.226 e. The van der Waals surface area contributed by atoms with Crippen LogP contribution in [-0.2, 0) is 14.4 Å². The van der Waals surface area contributed by atoms with Crippen LogP contribution in [-0.4, -0.2) is 39.5 Å². The van der Waals surface area contributed by atoms with Crippen LogP contribution in [0.3, 0.4) is 0 Å². The summed E-state index contributed by atoms with van der Waals surface area (Å²) in [5, 5.41) is 22.7. The lowest BCUT2D eigenvalue weighted by atomic mass is 9.69. The quantitative estimate of drug-likeness (QED) is 0.644. The fourth-order valence-corrected chi connectivity index (χ4v) is 3.66. The number of aliphatic hydroxyl groups excluding tert-OH is 1. The minimum absolute atomic E-state index is 0.147. The Balaban J connectivity index is 2.02. The van der Waals surface area contributed by atoms with Crippen molar-refractivity contribution < 1.29 is 24.6 Å². The molecule has 118 valence electrons. The molecule has 1 aliphatic carbocycles. The monoisotopic (exact) mass is 297 g/mol. The van der Waals surface area contributed by atoms with Gasteiger partial charge in [0.05, 0.1) is 6.10 Å². The van der Waals surface area contributed by atoms with Gasteiger partial charge >= 0.3 is 0 Å². The van der Waals surface area contributed by atoms with Crippen molar-refractivity contribution in [2.45, 2.75) is 57.7 Å². The van der Waals surface area contributed by atoms with E-state index in [-0.39, 0.29) is 48.7 Å². The zero-order valence-electron chi connectivity index (χ0n) is 12.5.